The second-order valence-corrected chi connectivity index (χ2v) is 4.93. The van der Waals surface area contributed by atoms with Gasteiger partial charge in [0.05, 0.1) is 5.60 Å². The maximum Gasteiger partial charge on any atom is 0.0631 e. The van der Waals surface area contributed by atoms with E-state index in [0.717, 1.165) is 13.0 Å². The molecule has 0 saturated heterocycles. The van der Waals surface area contributed by atoms with E-state index in [1.807, 2.05) is 6.92 Å². The topological polar surface area (TPSA) is 9.23 Å². The van der Waals surface area contributed by atoms with Gasteiger partial charge in [-0.2, -0.15) is 0 Å². The second-order valence-electron chi connectivity index (χ2n) is 4.93. The van der Waals surface area contributed by atoms with Gasteiger partial charge in [0.25, 0.3) is 0 Å². The minimum atomic E-state index is 0.0347. The Labute approximate surface area is 71.1 Å². The summed E-state index contributed by atoms with van der Waals surface area (Å²) in [6, 6.07) is 0. The van der Waals surface area contributed by atoms with Gasteiger partial charge in [-0.3, -0.25) is 0 Å². The first-order valence-electron chi connectivity index (χ1n) is 4.41. The van der Waals surface area contributed by atoms with Crippen LogP contribution in [0.25, 0.3) is 0 Å². The Morgan fingerprint density at radius 1 is 1.00 bits per heavy atom. The zero-order valence-electron chi connectivity index (χ0n) is 8.82. The molecule has 0 aliphatic heterocycles. The monoisotopic (exact) mass is 158 g/mol. The molecule has 0 radical (unpaired) electrons. The van der Waals surface area contributed by atoms with E-state index in [1.54, 1.807) is 0 Å². The zero-order valence-corrected chi connectivity index (χ0v) is 8.82. The quantitative estimate of drug-likeness (QED) is 0.612. The molecule has 1 nitrogen and oxygen atoms in total. The average Bonchev–Trinajstić information content (AvgIpc) is 1.55. The lowest BCUT2D eigenvalue weighted by Gasteiger charge is -2.32. The molecular formula is C10H22O. The van der Waals surface area contributed by atoms with Gasteiger partial charge in [-0.25, -0.2) is 0 Å². The molecule has 0 fully saturated rings. The van der Waals surface area contributed by atoms with Gasteiger partial charge in [-0.05, 0) is 32.6 Å². The highest BCUT2D eigenvalue weighted by Gasteiger charge is 2.25. The average molecular weight is 158 g/mol. The molecule has 0 aliphatic carbocycles. The number of hydrogen-bond acceptors (Lipinski definition) is 1. The van der Waals surface area contributed by atoms with Crippen molar-refractivity contribution in [3.8, 4) is 0 Å². The Kier molecular flexibility index (Phi) is 3.56. The molecule has 68 valence electrons. The van der Waals surface area contributed by atoms with Crippen LogP contribution in [0.5, 0.6) is 0 Å². The molecule has 0 aromatic heterocycles. The Bertz CT molecular complexity index is 109. The van der Waals surface area contributed by atoms with E-state index in [1.165, 1.54) is 0 Å². The number of hydrogen-bond donors (Lipinski definition) is 0. The molecule has 0 bridgehead atoms. The Hall–Kier alpha value is -0.0400. The fraction of sp³-hybridized carbons (Fsp3) is 1.00. The highest BCUT2D eigenvalue weighted by molar-refractivity contribution is 4.76. The molecule has 0 spiro atoms. The SMILES string of the molecule is CCOC(C)(C)CC(C)(C)C. The van der Waals surface area contributed by atoms with Gasteiger partial charge in [0.1, 0.15) is 0 Å². The minimum Gasteiger partial charge on any atom is -0.376 e. The van der Waals surface area contributed by atoms with E-state index in [9.17, 15) is 0 Å². The van der Waals surface area contributed by atoms with E-state index in [2.05, 4.69) is 34.6 Å². The molecule has 0 saturated carbocycles. The molecule has 0 aromatic carbocycles. The van der Waals surface area contributed by atoms with Crippen LogP contribution in [0.4, 0.5) is 0 Å². The van der Waals surface area contributed by atoms with E-state index in [0.29, 0.717) is 5.41 Å². The van der Waals surface area contributed by atoms with Gasteiger partial charge in [0.2, 0.25) is 0 Å². The summed E-state index contributed by atoms with van der Waals surface area (Å²) >= 11 is 0. The smallest absolute Gasteiger partial charge is 0.0631 e. The second kappa shape index (κ2) is 3.57. The summed E-state index contributed by atoms with van der Waals surface area (Å²) in [5, 5.41) is 0. The molecule has 0 heterocycles. The first-order valence-corrected chi connectivity index (χ1v) is 4.41. The normalized spacial score (nSPS) is 13.6. The first-order chi connectivity index (χ1) is 4.77. The van der Waals surface area contributed by atoms with Gasteiger partial charge < -0.3 is 4.74 Å². The Morgan fingerprint density at radius 3 is 1.73 bits per heavy atom. The standard InChI is InChI=1S/C10H22O/c1-7-11-10(5,6)8-9(2,3)4/h7-8H2,1-6H3. The van der Waals surface area contributed by atoms with Gasteiger partial charge in [-0.15, -0.1) is 0 Å². The summed E-state index contributed by atoms with van der Waals surface area (Å²) < 4.78 is 5.61. The van der Waals surface area contributed by atoms with Gasteiger partial charge in [0.15, 0.2) is 0 Å². The van der Waals surface area contributed by atoms with E-state index < -0.39 is 0 Å². The summed E-state index contributed by atoms with van der Waals surface area (Å²) in [4.78, 5) is 0. The zero-order chi connectivity index (χ0) is 9.12. The Balaban J connectivity index is 3.91. The third kappa shape index (κ3) is 6.36. The summed E-state index contributed by atoms with van der Waals surface area (Å²) in [7, 11) is 0. The Morgan fingerprint density at radius 2 is 1.45 bits per heavy atom. The van der Waals surface area contributed by atoms with Crippen LogP contribution < -0.4 is 0 Å². The van der Waals surface area contributed by atoms with Crippen LogP contribution in [-0.2, 0) is 4.74 Å². The molecule has 0 rings (SSSR count). The molecule has 0 aliphatic rings. The predicted molar refractivity (Wildman–Crippen MR) is 49.8 cm³/mol. The van der Waals surface area contributed by atoms with E-state index in [-0.39, 0.29) is 5.60 Å². The van der Waals surface area contributed by atoms with Crippen molar-refractivity contribution in [3.63, 3.8) is 0 Å². The van der Waals surface area contributed by atoms with Crippen LogP contribution in [-0.4, -0.2) is 12.2 Å². The summed E-state index contributed by atoms with van der Waals surface area (Å²) in [6.45, 7) is 13.9. The molecule has 0 N–H and O–H groups in total. The van der Waals surface area contributed by atoms with Crippen molar-refractivity contribution in [1.29, 1.82) is 0 Å². The molecule has 0 unspecified atom stereocenters. The molecule has 0 aromatic rings. The van der Waals surface area contributed by atoms with Gasteiger partial charge in [-0.1, -0.05) is 20.8 Å². The van der Waals surface area contributed by atoms with Crippen LogP contribution >= 0.6 is 0 Å². The molecule has 11 heavy (non-hydrogen) atoms. The molecule has 1 heteroatoms. The van der Waals surface area contributed by atoms with Crippen molar-refractivity contribution in [2.75, 3.05) is 6.61 Å². The molecule has 0 atom stereocenters. The van der Waals surface area contributed by atoms with Crippen LogP contribution in [0.15, 0.2) is 0 Å². The van der Waals surface area contributed by atoms with Crippen LogP contribution in [0.2, 0.25) is 0 Å². The van der Waals surface area contributed by atoms with Crippen molar-refractivity contribution in [3.05, 3.63) is 0 Å². The van der Waals surface area contributed by atoms with Crippen molar-refractivity contribution in [2.45, 2.75) is 53.6 Å². The van der Waals surface area contributed by atoms with Crippen molar-refractivity contribution in [1.82, 2.24) is 0 Å². The fourth-order valence-electron chi connectivity index (χ4n) is 1.72. The van der Waals surface area contributed by atoms with Gasteiger partial charge >= 0.3 is 0 Å². The fourth-order valence-corrected chi connectivity index (χ4v) is 1.72. The number of ether oxygens (including phenoxy) is 1. The largest absolute Gasteiger partial charge is 0.376 e. The van der Waals surface area contributed by atoms with Crippen LogP contribution in [0.3, 0.4) is 0 Å². The highest BCUT2D eigenvalue weighted by Crippen LogP contribution is 2.29. The maximum absolute atomic E-state index is 5.61. The predicted octanol–water partition coefficient (Wildman–Crippen LogP) is 3.24. The van der Waals surface area contributed by atoms with Crippen LogP contribution in [0, 0.1) is 5.41 Å². The molecule has 0 amide bonds. The van der Waals surface area contributed by atoms with Crippen molar-refractivity contribution >= 4 is 0 Å². The lowest BCUT2D eigenvalue weighted by molar-refractivity contribution is -0.0368. The third-order valence-electron chi connectivity index (χ3n) is 1.49. The lowest BCUT2D eigenvalue weighted by Crippen LogP contribution is -2.30. The number of rotatable bonds is 3. The van der Waals surface area contributed by atoms with Gasteiger partial charge in [0, 0.05) is 6.61 Å². The first kappa shape index (κ1) is 11.0. The van der Waals surface area contributed by atoms with Crippen molar-refractivity contribution < 1.29 is 4.74 Å². The lowest BCUT2D eigenvalue weighted by atomic mass is 9.84. The van der Waals surface area contributed by atoms with E-state index >= 15 is 0 Å². The maximum atomic E-state index is 5.61. The van der Waals surface area contributed by atoms with Crippen molar-refractivity contribution in [2.24, 2.45) is 5.41 Å². The third-order valence-corrected chi connectivity index (χ3v) is 1.49. The van der Waals surface area contributed by atoms with Crippen LogP contribution in [0.1, 0.15) is 48.0 Å². The molecular weight excluding hydrogens is 136 g/mol. The summed E-state index contributed by atoms with van der Waals surface area (Å²) in [5.41, 5.74) is 0.395. The van der Waals surface area contributed by atoms with E-state index in [4.69, 9.17) is 4.74 Å². The minimum absolute atomic E-state index is 0.0347. The summed E-state index contributed by atoms with van der Waals surface area (Å²) in [5.74, 6) is 0. The summed E-state index contributed by atoms with van der Waals surface area (Å²) in [6.07, 6.45) is 1.10. The highest BCUT2D eigenvalue weighted by atomic mass is 16.5.